The van der Waals surface area contributed by atoms with Crippen LogP contribution >= 0.6 is 0 Å². The summed E-state index contributed by atoms with van der Waals surface area (Å²) >= 11 is 0. The summed E-state index contributed by atoms with van der Waals surface area (Å²) in [6.07, 6.45) is 3.17. The monoisotopic (exact) mass is 985 g/mol. The quantitative estimate of drug-likeness (QED) is 0.150. The van der Waals surface area contributed by atoms with Gasteiger partial charge in [0.05, 0.1) is 33.1 Å². The second-order valence-corrected chi connectivity index (χ2v) is 14.0. The maximum absolute atomic E-state index is 12.5. The van der Waals surface area contributed by atoms with Gasteiger partial charge in [0.1, 0.15) is 0 Å². The number of aromatic nitrogens is 7. The van der Waals surface area contributed by atoms with Crippen molar-refractivity contribution >= 4 is 79.4 Å². The van der Waals surface area contributed by atoms with E-state index in [1.165, 1.54) is 0 Å². The first-order valence-corrected chi connectivity index (χ1v) is 25.4. The summed E-state index contributed by atoms with van der Waals surface area (Å²) in [5.74, 6) is 1.12. The third kappa shape index (κ3) is 16.6. The lowest BCUT2D eigenvalue weighted by Crippen LogP contribution is -2.14. The Morgan fingerprint density at radius 1 is 0.342 bits per heavy atom. The molecule has 4 aromatic heterocycles. The fourth-order valence-electron chi connectivity index (χ4n) is 6.72. The zero-order valence-corrected chi connectivity index (χ0v) is 45.5. The number of carbonyl (C=O) groups is 3. The van der Waals surface area contributed by atoms with Crippen LogP contribution in [0.15, 0.2) is 170 Å². The molecule has 0 radical (unpaired) electrons. The number of nitrogens with one attached hydrogen (secondary N) is 3. The first-order chi connectivity index (χ1) is 35.7. The molecule has 73 heavy (non-hydrogen) atoms. The molecule has 4 heterocycles. The van der Waals surface area contributed by atoms with Crippen molar-refractivity contribution in [2.75, 3.05) is 16.0 Å². The molecule has 3 N–H and O–H groups in total. The lowest BCUT2D eigenvalue weighted by Gasteiger charge is -2.06. The van der Waals surface area contributed by atoms with Gasteiger partial charge in [0, 0.05) is 50.2 Å². The molecule has 0 atom stereocenters. The average molecular weight is 985 g/mol. The van der Waals surface area contributed by atoms with Crippen molar-refractivity contribution in [1.29, 1.82) is 0 Å². The van der Waals surface area contributed by atoms with E-state index in [0.717, 1.165) is 43.9 Å². The Bertz CT molecular complexity index is 3050. The molecule has 0 fully saturated rings. The predicted octanol–water partition coefficient (Wildman–Crippen LogP) is 15.2. The Morgan fingerprint density at radius 3 is 1.04 bits per heavy atom. The average Bonchev–Trinajstić information content (AvgIpc) is 4.09. The number of carbonyl (C=O) groups excluding carboxylic acids is 3. The molecule has 13 heteroatoms. The summed E-state index contributed by atoms with van der Waals surface area (Å²) in [4.78, 5) is 53.8. The van der Waals surface area contributed by atoms with Crippen LogP contribution in [0.2, 0.25) is 0 Å². The van der Waals surface area contributed by atoms with E-state index in [2.05, 4.69) is 35.9 Å². The van der Waals surface area contributed by atoms with Gasteiger partial charge in [-0.1, -0.05) is 168 Å². The van der Waals surface area contributed by atoms with Crippen LogP contribution in [0, 0.1) is 0 Å². The number of hydrogen-bond donors (Lipinski definition) is 3. The van der Waals surface area contributed by atoms with Gasteiger partial charge in [0.2, 0.25) is 17.8 Å². The molecule has 6 aromatic carbocycles. The van der Waals surface area contributed by atoms with Crippen LogP contribution in [0.3, 0.4) is 0 Å². The molecule has 384 valence electrons. The zero-order chi connectivity index (χ0) is 54.3. The topological polar surface area (TPSA) is 154 Å². The van der Waals surface area contributed by atoms with E-state index in [9.17, 15) is 14.4 Å². The zero-order valence-electron chi connectivity index (χ0n) is 45.5. The lowest BCUT2D eigenvalue weighted by molar-refractivity contribution is 0.101. The summed E-state index contributed by atoms with van der Waals surface area (Å²) in [6.45, 7) is 24.0. The number of imidazole rings is 3. The second kappa shape index (κ2) is 33.2. The first kappa shape index (κ1) is 60.7. The summed E-state index contributed by atoms with van der Waals surface area (Å²) < 4.78 is 5.61. The lowest BCUT2D eigenvalue weighted by atomic mass is 10.1. The third-order valence-corrected chi connectivity index (χ3v) is 10.0. The number of anilines is 3. The van der Waals surface area contributed by atoms with E-state index in [1.54, 1.807) is 36.7 Å². The number of hydrogen-bond acceptors (Lipinski definition) is 7. The minimum absolute atomic E-state index is 0.154. The molecule has 0 unspecified atom stereocenters. The summed E-state index contributed by atoms with van der Waals surface area (Å²) in [5, 5.41) is 10.7. The molecule has 13 nitrogen and oxygen atoms in total. The van der Waals surface area contributed by atoms with Crippen molar-refractivity contribution in [2.24, 2.45) is 21.1 Å². The molecule has 0 spiro atoms. The SMILES string of the molecule is CC.CC.CC.CC.CC.CC.Cn1c(NC(=O)c2ccc3ccccc3c2)nc2ccccc21.Cn1c(NC(=O)c2ccccc2)nc2ccccc21.Cn1c(NC(=O)c2ccncc2)nc2ccccc21. The van der Waals surface area contributed by atoms with Gasteiger partial charge in [-0.15, -0.1) is 0 Å². The molecule has 0 aliphatic rings. The number of fused-ring (bicyclic) bond motifs is 4. The molecular weight excluding hydrogens is 909 g/mol. The standard InChI is InChI=1S/C19H15N3O.C15H13N3O.C14H12N4O.6C2H6/c1-22-17-9-5-4-8-16(17)20-19(22)21-18(23)15-11-10-13-6-2-3-7-14(13)12-15;1-18-13-10-6-5-9-12(13)16-15(18)17-14(19)11-7-3-2-4-8-11;1-18-12-5-3-2-4-11(12)16-14(18)17-13(19)10-6-8-15-9-7-10;6*1-2/h2-12H,1H3,(H,20,21,23);2-10H,1H3,(H,16,17,19);2-9H,1H3,(H,16,17,19);6*1-2H3. The Kier molecular flexibility index (Phi) is 27.6. The highest BCUT2D eigenvalue weighted by Gasteiger charge is 2.14. The Morgan fingerprint density at radius 2 is 0.658 bits per heavy atom. The molecule has 0 saturated heterocycles. The number of pyridine rings is 1. The van der Waals surface area contributed by atoms with Crippen LogP contribution in [-0.2, 0) is 21.1 Å². The van der Waals surface area contributed by atoms with Crippen LogP contribution in [0.25, 0.3) is 43.9 Å². The van der Waals surface area contributed by atoms with Gasteiger partial charge in [-0.05, 0) is 83.6 Å². The molecule has 0 bridgehead atoms. The second-order valence-electron chi connectivity index (χ2n) is 14.0. The minimum atomic E-state index is -0.194. The van der Waals surface area contributed by atoms with Gasteiger partial charge in [0.15, 0.2) is 0 Å². The highest BCUT2D eigenvalue weighted by Crippen LogP contribution is 2.22. The molecule has 0 saturated carbocycles. The normalized spacial score (nSPS) is 9.47. The van der Waals surface area contributed by atoms with E-state index in [1.807, 2.05) is 251 Å². The molecule has 10 rings (SSSR count). The fraction of sp³-hybridized carbons (Fsp3) is 0.250. The van der Waals surface area contributed by atoms with Crippen molar-refractivity contribution in [1.82, 2.24) is 33.6 Å². The van der Waals surface area contributed by atoms with E-state index in [4.69, 9.17) is 0 Å². The number of amides is 3. The van der Waals surface area contributed by atoms with Gasteiger partial charge >= 0.3 is 0 Å². The molecule has 3 amide bonds. The Balaban J connectivity index is 0.000000341. The molecule has 0 aliphatic carbocycles. The number of nitrogens with zero attached hydrogens (tertiary/aromatic N) is 7. The Hall–Kier alpha value is -8.45. The van der Waals surface area contributed by atoms with E-state index < -0.39 is 0 Å². The van der Waals surface area contributed by atoms with Crippen molar-refractivity contribution in [3.63, 3.8) is 0 Å². The van der Waals surface area contributed by atoms with Crippen molar-refractivity contribution in [3.05, 3.63) is 187 Å². The largest absolute Gasteiger partial charge is 0.313 e. The predicted molar refractivity (Wildman–Crippen MR) is 309 cm³/mol. The molecule has 10 aromatic rings. The van der Waals surface area contributed by atoms with Gasteiger partial charge in [-0.25, -0.2) is 15.0 Å². The maximum Gasteiger partial charge on any atom is 0.258 e. The highest BCUT2D eigenvalue weighted by atomic mass is 16.2. The van der Waals surface area contributed by atoms with Crippen molar-refractivity contribution in [3.8, 4) is 0 Å². The number of benzene rings is 6. The minimum Gasteiger partial charge on any atom is -0.313 e. The Labute approximate surface area is 432 Å². The van der Waals surface area contributed by atoms with Gasteiger partial charge in [-0.2, -0.15) is 0 Å². The van der Waals surface area contributed by atoms with Crippen LogP contribution in [0.5, 0.6) is 0 Å². The van der Waals surface area contributed by atoms with E-state index in [0.29, 0.717) is 34.5 Å². The van der Waals surface area contributed by atoms with Crippen LogP contribution in [-0.4, -0.2) is 51.4 Å². The first-order valence-electron chi connectivity index (χ1n) is 25.4. The van der Waals surface area contributed by atoms with Crippen LogP contribution < -0.4 is 16.0 Å². The van der Waals surface area contributed by atoms with E-state index in [-0.39, 0.29) is 17.7 Å². The van der Waals surface area contributed by atoms with Gasteiger partial charge < -0.3 is 13.7 Å². The maximum atomic E-state index is 12.5. The summed E-state index contributed by atoms with van der Waals surface area (Å²) in [7, 11) is 5.65. The number of rotatable bonds is 6. The molecule has 0 aliphatic heterocycles. The fourth-order valence-corrected chi connectivity index (χ4v) is 6.72. The van der Waals surface area contributed by atoms with Crippen molar-refractivity contribution in [2.45, 2.75) is 83.1 Å². The third-order valence-electron chi connectivity index (χ3n) is 10.0. The van der Waals surface area contributed by atoms with Gasteiger partial charge in [0.25, 0.3) is 17.7 Å². The number of aryl methyl sites for hydroxylation is 3. The number of para-hydroxylation sites is 6. The summed E-state index contributed by atoms with van der Waals surface area (Å²) in [6, 6.07) is 49.4. The highest BCUT2D eigenvalue weighted by molar-refractivity contribution is 6.07. The molecular formula is C60H76N10O3. The summed E-state index contributed by atoms with van der Waals surface area (Å²) in [5.41, 5.74) is 7.35. The van der Waals surface area contributed by atoms with Crippen molar-refractivity contribution < 1.29 is 14.4 Å². The van der Waals surface area contributed by atoms with E-state index >= 15 is 0 Å². The smallest absolute Gasteiger partial charge is 0.258 e. The van der Waals surface area contributed by atoms with Crippen LogP contribution in [0.4, 0.5) is 17.8 Å². The van der Waals surface area contributed by atoms with Crippen LogP contribution in [0.1, 0.15) is 114 Å². The van der Waals surface area contributed by atoms with Gasteiger partial charge in [-0.3, -0.25) is 35.3 Å².